The van der Waals surface area contributed by atoms with Crippen LogP contribution in [0.1, 0.15) is 39.1 Å². The van der Waals surface area contributed by atoms with Gasteiger partial charge in [0.05, 0.1) is 0 Å². The quantitative estimate of drug-likeness (QED) is 0.591. The number of carbonyl (C=O) groups is 2. The Labute approximate surface area is 189 Å². The Hall–Kier alpha value is -2.97. The summed E-state index contributed by atoms with van der Waals surface area (Å²) in [5, 5.41) is 15.7. The fourth-order valence-corrected chi connectivity index (χ4v) is 4.55. The number of carbonyl (C=O) groups excluding carboxylic acids is 2. The summed E-state index contributed by atoms with van der Waals surface area (Å²) in [4.78, 5) is 26.9. The summed E-state index contributed by atoms with van der Waals surface area (Å²) in [5.41, 5.74) is 1.66. The average molecular weight is 456 g/mol. The van der Waals surface area contributed by atoms with Crippen LogP contribution >= 0.6 is 22.9 Å². The number of halogens is 1. The SMILES string of the molecule is O=C(Nc1cccc(Cl)c1)c1nnc(C2CCCN(C(=O)NCc3ccccc3)C2)s1. The molecule has 31 heavy (non-hydrogen) atoms. The van der Waals surface area contributed by atoms with Gasteiger partial charge in [-0.1, -0.05) is 59.3 Å². The lowest BCUT2D eigenvalue weighted by Gasteiger charge is -2.31. The molecule has 3 aromatic rings. The molecule has 2 N–H and O–H groups in total. The van der Waals surface area contributed by atoms with Crippen molar-refractivity contribution in [1.29, 1.82) is 0 Å². The summed E-state index contributed by atoms with van der Waals surface area (Å²) in [6.45, 7) is 1.76. The molecule has 0 aliphatic carbocycles. The van der Waals surface area contributed by atoms with Gasteiger partial charge in [-0.15, -0.1) is 10.2 Å². The van der Waals surface area contributed by atoms with Gasteiger partial charge in [0, 0.05) is 36.3 Å². The van der Waals surface area contributed by atoms with Gasteiger partial charge >= 0.3 is 6.03 Å². The lowest BCUT2D eigenvalue weighted by atomic mass is 9.99. The number of likely N-dealkylation sites (tertiary alicyclic amines) is 1. The predicted octanol–water partition coefficient (Wildman–Crippen LogP) is 4.53. The van der Waals surface area contributed by atoms with Crippen LogP contribution in [0.25, 0.3) is 0 Å². The molecule has 0 radical (unpaired) electrons. The third-order valence-corrected chi connectivity index (χ3v) is 6.38. The molecule has 1 aliphatic rings. The van der Waals surface area contributed by atoms with E-state index >= 15 is 0 Å². The molecule has 2 aromatic carbocycles. The second-order valence-corrected chi connectivity index (χ2v) is 8.78. The summed E-state index contributed by atoms with van der Waals surface area (Å²) < 4.78 is 0. The minimum atomic E-state index is -0.320. The van der Waals surface area contributed by atoms with E-state index in [4.69, 9.17) is 11.6 Å². The second kappa shape index (κ2) is 9.89. The summed E-state index contributed by atoms with van der Waals surface area (Å²) in [5.74, 6) is -0.249. The van der Waals surface area contributed by atoms with Crippen LogP contribution in [0.4, 0.5) is 10.5 Å². The molecule has 1 atom stereocenters. The summed E-state index contributed by atoms with van der Waals surface area (Å²) in [6, 6.07) is 16.7. The van der Waals surface area contributed by atoms with Crippen LogP contribution in [0.3, 0.4) is 0 Å². The number of hydrogen-bond donors (Lipinski definition) is 2. The van der Waals surface area contributed by atoms with E-state index in [2.05, 4.69) is 20.8 Å². The lowest BCUT2D eigenvalue weighted by molar-refractivity contribution is 0.102. The van der Waals surface area contributed by atoms with Gasteiger partial charge in [0.2, 0.25) is 5.01 Å². The van der Waals surface area contributed by atoms with Crippen molar-refractivity contribution in [3.63, 3.8) is 0 Å². The fourth-order valence-electron chi connectivity index (χ4n) is 3.49. The molecule has 1 aliphatic heterocycles. The van der Waals surface area contributed by atoms with E-state index in [0.29, 0.717) is 35.4 Å². The first-order chi connectivity index (χ1) is 15.1. The lowest BCUT2D eigenvalue weighted by Crippen LogP contribution is -2.44. The maximum Gasteiger partial charge on any atom is 0.317 e. The Morgan fingerprint density at radius 2 is 1.97 bits per heavy atom. The number of rotatable bonds is 5. The molecular formula is C22H22ClN5O2S. The number of benzene rings is 2. The van der Waals surface area contributed by atoms with E-state index < -0.39 is 0 Å². The highest BCUT2D eigenvalue weighted by Gasteiger charge is 2.28. The standard InChI is InChI=1S/C22H22ClN5O2S/c23-17-9-4-10-18(12-17)25-19(29)21-27-26-20(31-21)16-8-5-11-28(14-16)22(30)24-13-15-6-2-1-3-7-15/h1-4,6-7,9-10,12,16H,5,8,11,13-14H2,(H,24,30)(H,25,29). The van der Waals surface area contributed by atoms with Crippen LogP contribution in [0.2, 0.25) is 5.02 Å². The number of nitrogens with one attached hydrogen (secondary N) is 2. The zero-order valence-electron chi connectivity index (χ0n) is 16.8. The molecule has 9 heteroatoms. The smallest absolute Gasteiger partial charge is 0.317 e. The van der Waals surface area contributed by atoms with E-state index in [0.717, 1.165) is 23.4 Å². The second-order valence-electron chi connectivity index (χ2n) is 7.34. The number of aromatic nitrogens is 2. The Morgan fingerprint density at radius 1 is 1.13 bits per heavy atom. The summed E-state index contributed by atoms with van der Waals surface area (Å²) in [6.07, 6.45) is 1.79. The van der Waals surface area contributed by atoms with Gasteiger partial charge < -0.3 is 15.5 Å². The number of anilines is 1. The Kier molecular flexibility index (Phi) is 6.79. The highest BCUT2D eigenvalue weighted by Crippen LogP contribution is 2.29. The van der Waals surface area contributed by atoms with Gasteiger partial charge in [0.1, 0.15) is 5.01 Å². The maximum absolute atomic E-state index is 12.6. The zero-order valence-corrected chi connectivity index (χ0v) is 18.3. The van der Waals surface area contributed by atoms with Crippen molar-refractivity contribution >= 4 is 40.6 Å². The van der Waals surface area contributed by atoms with Crippen molar-refractivity contribution in [3.05, 3.63) is 75.2 Å². The zero-order chi connectivity index (χ0) is 21.6. The first-order valence-corrected chi connectivity index (χ1v) is 11.2. The molecule has 1 aromatic heterocycles. The number of urea groups is 1. The molecule has 160 valence electrons. The van der Waals surface area contributed by atoms with Crippen LogP contribution in [0.15, 0.2) is 54.6 Å². The third kappa shape index (κ3) is 5.59. The highest BCUT2D eigenvalue weighted by molar-refractivity contribution is 7.13. The molecular weight excluding hydrogens is 434 g/mol. The monoisotopic (exact) mass is 455 g/mol. The van der Waals surface area contributed by atoms with E-state index in [-0.39, 0.29) is 17.9 Å². The Balaban J connectivity index is 1.34. The van der Waals surface area contributed by atoms with Gasteiger partial charge in [-0.05, 0) is 36.6 Å². The van der Waals surface area contributed by atoms with Crippen LogP contribution < -0.4 is 10.6 Å². The number of piperidine rings is 1. The molecule has 1 unspecified atom stereocenters. The number of amides is 3. The van der Waals surface area contributed by atoms with Crippen LogP contribution in [0.5, 0.6) is 0 Å². The van der Waals surface area contributed by atoms with Crippen LogP contribution in [-0.2, 0) is 6.54 Å². The van der Waals surface area contributed by atoms with Gasteiger partial charge in [-0.2, -0.15) is 0 Å². The summed E-state index contributed by atoms with van der Waals surface area (Å²) >= 11 is 7.23. The predicted molar refractivity (Wildman–Crippen MR) is 122 cm³/mol. The Bertz CT molecular complexity index is 1060. The summed E-state index contributed by atoms with van der Waals surface area (Å²) in [7, 11) is 0. The molecule has 0 spiro atoms. The molecule has 7 nitrogen and oxygen atoms in total. The van der Waals surface area contributed by atoms with E-state index in [1.165, 1.54) is 11.3 Å². The molecule has 1 fully saturated rings. The topological polar surface area (TPSA) is 87.2 Å². The minimum Gasteiger partial charge on any atom is -0.334 e. The fraction of sp³-hybridized carbons (Fsp3) is 0.273. The molecule has 0 saturated carbocycles. The largest absolute Gasteiger partial charge is 0.334 e. The van der Waals surface area contributed by atoms with Gasteiger partial charge in [-0.25, -0.2) is 4.79 Å². The molecule has 3 amide bonds. The van der Waals surface area contributed by atoms with E-state index in [1.807, 2.05) is 35.2 Å². The molecule has 0 bridgehead atoms. The van der Waals surface area contributed by atoms with Gasteiger partial charge in [0.25, 0.3) is 5.91 Å². The van der Waals surface area contributed by atoms with Crippen molar-refractivity contribution in [3.8, 4) is 0 Å². The van der Waals surface area contributed by atoms with Gasteiger partial charge in [-0.3, -0.25) is 4.79 Å². The van der Waals surface area contributed by atoms with Crippen molar-refractivity contribution in [2.24, 2.45) is 0 Å². The average Bonchev–Trinajstić information content (AvgIpc) is 3.29. The molecule has 2 heterocycles. The van der Waals surface area contributed by atoms with Crippen molar-refractivity contribution in [2.45, 2.75) is 25.3 Å². The third-order valence-electron chi connectivity index (χ3n) is 5.06. The van der Waals surface area contributed by atoms with Crippen molar-refractivity contribution in [2.75, 3.05) is 18.4 Å². The normalized spacial score (nSPS) is 16.0. The molecule has 4 rings (SSSR count). The maximum atomic E-state index is 12.6. The first kappa shape index (κ1) is 21.3. The van der Waals surface area contributed by atoms with E-state index in [9.17, 15) is 9.59 Å². The van der Waals surface area contributed by atoms with Crippen LogP contribution in [0, 0.1) is 0 Å². The van der Waals surface area contributed by atoms with Crippen molar-refractivity contribution in [1.82, 2.24) is 20.4 Å². The van der Waals surface area contributed by atoms with E-state index in [1.54, 1.807) is 24.3 Å². The number of nitrogens with zero attached hydrogens (tertiary/aromatic N) is 3. The van der Waals surface area contributed by atoms with Crippen LogP contribution in [-0.4, -0.2) is 40.1 Å². The van der Waals surface area contributed by atoms with Crippen molar-refractivity contribution < 1.29 is 9.59 Å². The first-order valence-electron chi connectivity index (χ1n) is 10.1. The van der Waals surface area contributed by atoms with Gasteiger partial charge in [0.15, 0.2) is 0 Å². The molecule has 1 saturated heterocycles. The number of hydrogen-bond acceptors (Lipinski definition) is 5. The Morgan fingerprint density at radius 3 is 2.77 bits per heavy atom. The minimum absolute atomic E-state index is 0.0708. The highest BCUT2D eigenvalue weighted by atomic mass is 35.5.